The molecule has 0 spiro atoms. The summed E-state index contributed by atoms with van der Waals surface area (Å²) in [6.45, 7) is 0. The van der Waals surface area contributed by atoms with Gasteiger partial charge in [-0.15, -0.1) is 11.3 Å². The van der Waals surface area contributed by atoms with Gasteiger partial charge in [0.25, 0.3) is 0 Å². The Bertz CT molecular complexity index is 2980. The molecule has 0 bridgehead atoms. The van der Waals surface area contributed by atoms with Gasteiger partial charge in [0.15, 0.2) is 11.6 Å². The molecule has 0 fully saturated rings. The molecule has 3 aliphatic rings. The fraction of sp³-hybridized carbons (Fsp3) is 0.0833. The molecule has 244 valence electrons. The van der Waals surface area contributed by atoms with Crippen LogP contribution < -0.4 is 0 Å². The molecule has 52 heavy (non-hydrogen) atoms. The van der Waals surface area contributed by atoms with Gasteiger partial charge in [0.05, 0.1) is 21.3 Å². The van der Waals surface area contributed by atoms with Crippen molar-refractivity contribution >= 4 is 49.4 Å². The summed E-state index contributed by atoms with van der Waals surface area (Å²) in [4.78, 5) is 12.3. The summed E-state index contributed by atoms with van der Waals surface area (Å²) in [6.07, 6.45) is 7.69. The highest BCUT2D eigenvalue weighted by Crippen LogP contribution is 2.57. The Morgan fingerprint density at radius 1 is 0.654 bits per heavy atom. The standard InChI is InChI=1S/C48H31N3S/c1-3-13-28(14-4-1)30-23-24-40-36(25-30)39-27-38-34-20-10-9-19-33(34)37-26-31-17-7-8-18-32(31)43(42(37)38)45(39)51(40)48-46-44(35-21-11-12-22-41(35)52-46)49-47(50-48)29-15-5-2-6-16-29/h1-11,13-21,23-25,27,37H,12,22,26H2. The minimum absolute atomic E-state index is 0.316. The van der Waals surface area contributed by atoms with Crippen molar-refractivity contribution in [2.45, 2.75) is 25.2 Å². The van der Waals surface area contributed by atoms with Gasteiger partial charge in [-0.25, -0.2) is 9.97 Å². The topological polar surface area (TPSA) is 30.7 Å². The molecule has 0 saturated carbocycles. The molecule has 6 aromatic carbocycles. The Morgan fingerprint density at radius 3 is 2.29 bits per heavy atom. The molecule has 1 unspecified atom stereocenters. The van der Waals surface area contributed by atoms with E-state index in [4.69, 9.17) is 9.97 Å². The maximum Gasteiger partial charge on any atom is 0.162 e. The van der Waals surface area contributed by atoms with Crippen LogP contribution >= 0.6 is 11.3 Å². The van der Waals surface area contributed by atoms with Crippen LogP contribution in [0.1, 0.15) is 39.5 Å². The van der Waals surface area contributed by atoms with Crippen LogP contribution in [0.3, 0.4) is 0 Å². The average molecular weight is 682 g/mol. The monoisotopic (exact) mass is 681 g/mol. The Labute approximate surface area is 305 Å². The van der Waals surface area contributed by atoms with E-state index >= 15 is 0 Å². The molecule has 3 aliphatic carbocycles. The lowest BCUT2D eigenvalue weighted by Gasteiger charge is -2.27. The molecule has 12 rings (SSSR count). The lowest BCUT2D eigenvalue weighted by atomic mass is 9.77. The zero-order chi connectivity index (χ0) is 33.9. The number of benzene rings is 6. The zero-order valence-electron chi connectivity index (χ0n) is 28.3. The molecule has 3 nitrogen and oxygen atoms in total. The number of aryl methyl sites for hydroxylation is 1. The first kappa shape index (κ1) is 28.6. The van der Waals surface area contributed by atoms with Crippen LogP contribution in [0.2, 0.25) is 0 Å². The van der Waals surface area contributed by atoms with E-state index in [1.165, 1.54) is 82.3 Å². The highest BCUT2D eigenvalue weighted by Gasteiger charge is 2.38. The van der Waals surface area contributed by atoms with Gasteiger partial charge in [0, 0.05) is 38.3 Å². The molecule has 4 heteroatoms. The van der Waals surface area contributed by atoms with Crippen LogP contribution in [0.25, 0.3) is 88.7 Å². The van der Waals surface area contributed by atoms with Crippen molar-refractivity contribution < 1.29 is 0 Å². The van der Waals surface area contributed by atoms with Gasteiger partial charge in [-0.1, -0.05) is 127 Å². The molecular formula is C48H31N3S. The van der Waals surface area contributed by atoms with E-state index < -0.39 is 0 Å². The van der Waals surface area contributed by atoms with Crippen molar-refractivity contribution in [2.24, 2.45) is 0 Å². The molecule has 0 aliphatic heterocycles. The molecule has 0 saturated heterocycles. The van der Waals surface area contributed by atoms with E-state index in [0.29, 0.717) is 5.92 Å². The smallest absolute Gasteiger partial charge is 0.162 e. The van der Waals surface area contributed by atoms with E-state index in [-0.39, 0.29) is 0 Å². The summed E-state index contributed by atoms with van der Waals surface area (Å²) < 4.78 is 3.66. The lowest BCUT2D eigenvalue weighted by Crippen LogP contribution is -2.11. The number of rotatable bonds is 3. The number of fused-ring (bicyclic) bond motifs is 12. The largest absolute Gasteiger partial charge is 0.292 e. The molecule has 0 amide bonds. The molecule has 0 radical (unpaired) electrons. The molecule has 9 aromatic rings. The number of aromatic nitrogens is 3. The van der Waals surface area contributed by atoms with Crippen LogP contribution in [-0.4, -0.2) is 14.5 Å². The fourth-order valence-corrected chi connectivity index (χ4v) is 10.5. The van der Waals surface area contributed by atoms with Gasteiger partial charge in [0.1, 0.15) is 0 Å². The first-order valence-electron chi connectivity index (χ1n) is 18.2. The van der Waals surface area contributed by atoms with Gasteiger partial charge in [-0.05, 0) is 82.0 Å². The van der Waals surface area contributed by atoms with Gasteiger partial charge < -0.3 is 0 Å². The normalized spacial score (nSPS) is 15.2. The SMILES string of the molecule is C1=Cc2c(sc3c(-n4c5ccc(-c6ccccc6)cc5c5cc6c7c(c54)-c4ccccc4CC7c4ccccc4-6)nc(-c4ccccc4)nc23)CC1. The zero-order valence-corrected chi connectivity index (χ0v) is 29.1. The Hall–Kier alpha value is -6.10. The summed E-state index contributed by atoms with van der Waals surface area (Å²) in [5.74, 6) is 2.05. The van der Waals surface area contributed by atoms with Gasteiger partial charge in [-0.2, -0.15) is 0 Å². The number of nitrogens with zero attached hydrogens (tertiary/aromatic N) is 3. The van der Waals surface area contributed by atoms with Crippen molar-refractivity contribution in [1.82, 2.24) is 14.5 Å². The molecule has 3 heterocycles. The van der Waals surface area contributed by atoms with Crippen LogP contribution in [0.5, 0.6) is 0 Å². The van der Waals surface area contributed by atoms with E-state index in [9.17, 15) is 0 Å². The highest BCUT2D eigenvalue weighted by atomic mass is 32.1. The Kier molecular flexibility index (Phi) is 5.88. The first-order valence-corrected chi connectivity index (χ1v) is 19.1. The molecule has 3 aromatic heterocycles. The van der Waals surface area contributed by atoms with E-state index in [1.54, 1.807) is 0 Å². The quantitative estimate of drug-likeness (QED) is 0.186. The van der Waals surface area contributed by atoms with Crippen molar-refractivity contribution in [1.29, 1.82) is 0 Å². The summed E-state index contributed by atoms with van der Waals surface area (Å²) >= 11 is 1.88. The predicted octanol–water partition coefficient (Wildman–Crippen LogP) is 12.4. The van der Waals surface area contributed by atoms with E-state index in [1.807, 2.05) is 11.3 Å². The van der Waals surface area contributed by atoms with E-state index in [0.717, 1.165) is 46.7 Å². The summed E-state index contributed by atoms with van der Waals surface area (Å²) in [5.41, 5.74) is 17.9. The number of allylic oxidation sites excluding steroid dienone is 1. The second kappa shape index (κ2) is 10.7. The van der Waals surface area contributed by atoms with E-state index in [2.05, 4.69) is 150 Å². The first-order chi connectivity index (χ1) is 25.8. The van der Waals surface area contributed by atoms with Gasteiger partial charge in [-0.3, -0.25) is 4.57 Å². The third kappa shape index (κ3) is 3.90. The van der Waals surface area contributed by atoms with Crippen LogP contribution in [-0.2, 0) is 12.8 Å². The van der Waals surface area contributed by atoms with Crippen molar-refractivity contribution in [2.75, 3.05) is 0 Å². The third-order valence-electron chi connectivity index (χ3n) is 11.6. The minimum atomic E-state index is 0.316. The third-order valence-corrected chi connectivity index (χ3v) is 12.8. The fourth-order valence-electron chi connectivity index (χ4n) is 9.32. The molecule has 0 N–H and O–H groups in total. The number of hydrogen-bond donors (Lipinski definition) is 0. The lowest BCUT2D eigenvalue weighted by molar-refractivity contribution is 0.816. The maximum atomic E-state index is 5.58. The molecule has 1 atom stereocenters. The number of hydrogen-bond acceptors (Lipinski definition) is 3. The van der Waals surface area contributed by atoms with Gasteiger partial charge >= 0.3 is 0 Å². The Morgan fingerprint density at radius 2 is 1.42 bits per heavy atom. The highest BCUT2D eigenvalue weighted by molar-refractivity contribution is 7.19. The molecular weight excluding hydrogens is 651 g/mol. The van der Waals surface area contributed by atoms with Gasteiger partial charge in [0.2, 0.25) is 0 Å². The second-order valence-electron chi connectivity index (χ2n) is 14.3. The summed E-state index contributed by atoms with van der Waals surface area (Å²) in [6, 6.07) is 49.0. The van der Waals surface area contributed by atoms with Crippen LogP contribution in [0, 0.1) is 0 Å². The summed E-state index contributed by atoms with van der Waals surface area (Å²) in [5, 5.41) is 2.51. The minimum Gasteiger partial charge on any atom is -0.292 e. The number of thiophene rings is 1. The van der Waals surface area contributed by atoms with Crippen LogP contribution in [0.15, 0.2) is 140 Å². The van der Waals surface area contributed by atoms with Crippen molar-refractivity contribution in [3.63, 3.8) is 0 Å². The van der Waals surface area contributed by atoms with Crippen molar-refractivity contribution in [3.05, 3.63) is 167 Å². The maximum absolute atomic E-state index is 5.58. The predicted molar refractivity (Wildman–Crippen MR) is 216 cm³/mol. The van der Waals surface area contributed by atoms with Crippen LogP contribution in [0.4, 0.5) is 0 Å². The Balaban J connectivity index is 1.29. The average Bonchev–Trinajstić information content (AvgIpc) is 3.86. The summed E-state index contributed by atoms with van der Waals surface area (Å²) in [7, 11) is 0. The second-order valence-corrected chi connectivity index (χ2v) is 15.4. The van der Waals surface area contributed by atoms with Crippen molar-refractivity contribution in [3.8, 4) is 50.6 Å².